The Bertz CT molecular complexity index is 1350. The fourth-order valence-electron chi connectivity index (χ4n) is 4.30. The van der Waals surface area contributed by atoms with E-state index >= 15 is 0 Å². The van der Waals surface area contributed by atoms with Gasteiger partial charge in [0.1, 0.15) is 30.9 Å². The Labute approximate surface area is 264 Å². The van der Waals surface area contributed by atoms with Crippen LogP contribution in [0.15, 0.2) is 91.0 Å². The van der Waals surface area contributed by atoms with E-state index in [-0.39, 0.29) is 26.1 Å². The topological polar surface area (TPSA) is 132 Å². The second kappa shape index (κ2) is 18.1. The molecule has 0 radical (unpaired) electrons. The summed E-state index contributed by atoms with van der Waals surface area (Å²) in [7, 11) is 0. The normalized spacial score (nSPS) is 12.2. The Kier molecular flexibility index (Phi) is 13.9. The first-order chi connectivity index (χ1) is 21.6. The maximum atomic E-state index is 13.5. The lowest BCUT2D eigenvalue weighted by Gasteiger charge is -2.25. The average molecular weight is 618 g/mol. The van der Waals surface area contributed by atoms with Crippen LogP contribution in [0.25, 0.3) is 0 Å². The number of hydrogen-bond acceptors (Lipinski definition) is 7. The van der Waals surface area contributed by atoms with E-state index in [4.69, 9.17) is 14.2 Å². The SMILES string of the molecule is CC(C)(C)OC(=O)N[C@@H](CCCCNC(=O)OCc1ccccc1)C(=O)N[C@@H](Cc1ccccc1)C(=O)OCc1ccccc1. The third-order valence-corrected chi connectivity index (χ3v) is 6.52. The highest BCUT2D eigenvalue weighted by Crippen LogP contribution is 2.11. The van der Waals surface area contributed by atoms with Gasteiger partial charge in [0, 0.05) is 13.0 Å². The Morgan fingerprint density at radius 2 is 1.18 bits per heavy atom. The lowest BCUT2D eigenvalue weighted by Crippen LogP contribution is -2.53. The predicted octanol–water partition coefficient (Wildman–Crippen LogP) is 5.45. The van der Waals surface area contributed by atoms with Gasteiger partial charge >= 0.3 is 18.2 Å². The number of carbonyl (C=O) groups excluding carboxylic acids is 4. The first-order valence-corrected chi connectivity index (χ1v) is 15.1. The average Bonchev–Trinajstić information content (AvgIpc) is 3.02. The van der Waals surface area contributed by atoms with Crippen molar-refractivity contribution in [1.29, 1.82) is 0 Å². The molecule has 45 heavy (non-hydrogen) atoms. The van der Waals surface area contributed by atoms with Crippen molar-refractivity contribution < 1.29 is 33.4 Å². The molecule has 3 aromatic rings. The third kappa shape index (κ3) is 14.0. The molecule has 0 aliphatic carbocycles. The number of ether oxygens (including phenoxy) is 3. The molecule has 0 aromatic heterocycles. The quantitative estimate of drug-likeness (QED) is 0.117. The van der Waals surface area contributed by atoms with Crippen LogP contribution >= 0.6 is 0 Å². The molecule has 0 aliphatic heterocycles. The molecule has 10 nitrogen and oxygen atoms in total. The van der Waals surface area contributed by atoms with Gasteiger partial charge in [-0.3, -0.25) is 4.79 Å². The van der Waals surface area contributed by atoms with Crippen LogP contribution in [0.5, 0.6) is 0 Å². The van der Waals surface area contributed by atoms with Crippen LogP contribution in [0.4, 0.5) is 9.59 Å². The van der Waals surface area contributed by atoms with Gasteiger partial charge in [0.25, 0.3) is 0 Å². The summed E-state index contributed by atoms with van der Waals surface area (Å²) >= 11 is 0. The zero-order valence-electron chi connectivity index (χ0n) is 26.1. The van der Waals surface area contributed by atoms with E-state index in [0.29, 0.717) is 19.4 Å². The second-order valence-corrected chi connectivity index (χ2v) is 11.5. The molecule has 240 valence electrons. The minimum atomic E-state index is -0.995. The van der Waals surface area contributed by atoms with Gasteiger partial charge in [0.15, 0.2) is 0 Å². The molecule has 0 saturated carbocycles. The number of nitrogens with one attached hydrogen (secondary N) is 3. The number of benzene rings is 3. The van der Waals surface area contributed by atoms with Gasteiger partial charge < -0.3 is 30.2 Å². The predicted molar refractivity (Wildman–Crippen MR) is 170 cm³/mol. The molecule has 2 atom stereocenters. The van der Waals surface area contributed by atoms with Crippen molar-refractivity contribution in [3.8, 4) is 0 Å². The smallest absolute Gasteiger partial charge is 0.408 e. The van der Waals surface area contributed by atoms with Gasteiger partial charge in [-0.15, -0.1) is 0 Å². The van der Waals surface area contributed by atoms with Crippen LogP contribution in [0.3, 0.4) is 0 Å². The molecule has 3 rings (SSSR count). The number of rotatable bonds is 15. The van der Waals surface area contributed by atoms with E-state index in [2.05, 4.69) is 16.0 Å². The number of esters is 1. The van der Waals surface area contributed by atoms with Gasteiger partial charge in [0.05, 0.1) is 0 Å². The summed E-state index contributed by atoms with van der Waals surface area (Å²) in [5.41, 5.74) is 1.76. The molecule has 3 amide bonds. The molecule has 3 aromatic carbocycles. The largest absolute Gasteiger partial charge is 0.459 e. The first kappa shape index (κ1) is 34.6. The summed E-state index contributed by atoms with van der Waals surface area (Å²) in [5.74, 6) is -1.14. The van der Waals surface area contributed by atoms with Crippen molar-refractivity contribution in [3.05, 3.63) is 108 Å². The number of hydrogen-bond donors (Lipinski definition) is 3. The molecule has 10 heteroatoms. The van der Waals surface area contributed by atoms with Gasteiger partial charge in [-0.05, 0) is 56.7 Å². The first-order valence-electron chi connectivity index (χ1n) is 15.1. The van der Waals surface area contributed by atoms with Crippen LogP contribution in [-0.4, -0.2) is 48.3 Å². The van der Waals surface area contributed by atoms with Gasteiger partial charge in [-0.2, -0.15) is 0 Å². The summed E-state index contributed by atoms with van der Waals surface area (Å²) in [6, 6.07) is 25.9. The molecule has 0 spiro atoms. The molecule has 0 saturated heterocycles. The monoisotopic (exact) mass is 617 g/mol. The van der Waals surface area contributed by atoms with E-state index < -0.39 is 41.7 Å². The molecule has 0 unspecified atom stereocenters. The number of alkyl carbamates (subject to hydrolysis) is 2. The molecule has 0 heterocycles. The van der Waals surface area contributed by atoms with Crippen LogP contribution in [-0.2, 0) is 43.4 Å². The maximum absolute atomic E-state index is 13.5. The summed E-state index contributed by atoms with van der Waals surface area (Å²) in [5, 5.41) is 8.12. The van der Waals surface area contributed by atoms with Crippen LogP contribution < -0.4 is 16.0 Å². The zero-order valence-corrected chi connectivity index (χ0v) is 26.1. The maximum Gasteiger partial charge on any atom is 0.408 e. The van der Waals surface area contributed by atoms with Gasteiger partial charge in [-0.1, -0.05) is 91.0 Å². The highest BCUT2D eigenvalue weighted by molar-refractivity contribution is 5.89. The van der Waals surface area contributed by atoms with Crippen molar-refractivity contribution in [2.75, 3.05) is 6.54 Å². The molecule has 0 fully saturated rings. The number of carbonyl (C=O) groups is 4. The molecule has 0 aliphatic rings. The van der Waals surface area contributed by atoms with Crippen LogP contribution in [0, 0.1) is 0 Å². The summed E-state index contributed by atoms with van der Waals surface area (Å²) in [4.78, 5) is 51.4. The Morgan fingerprint density at radius 3 is 1.73 bits per heavy atom. The Morgan fingerprint density at radius 1 is 0.644 bits per heavy atom. The summed E-state index contributed by atoms with van der Waals surface area (Å²) in [6.07, 6.45) is 0.146. The molecule has 0 bridgehead atoms. The standard InChI is InChI=1S/C35H43N3O7/c1-35(2,3)45-34(42)38-29(21-13-14-22-36-33(41)44-25-28-19-11-6-12-20-28)31(39)37-30(23-26-15-7-4-8-16-26)32(40)43-24-27-17-9-5-10-18-27/h4-12,15-20,29-30H,13-14,21-25H2,1-3H3,(H,36,41)(H,37,39)(H,38,42)/t29-,30-/m0/s1. The molecule has 3 N–H and O–H groups in total. The number of amides is 3. The Hall–Kier alpha value is -4.86. The Balaban J connectivity index is 1.59. The van der Waals surface area contributed by atoms with Crippen LogP contribution in [0.1, 0.15) is 56.7 Å². The molecular weight excluding hydrogens is 574 g/mol. The highest BCUT2D eigenvalue weighted by Gasteiger charge is 2.29. The van der Waals surface area contributed by atoms with E-state index in [1.165, 1.54) is 0 Å². The lowest BCUT2D eigenvalue weighted by molar-refractivity contribution is -0.149. The fraction of sp³-hybridized carbons (Fsp3) is 0.371. The van der Waals surface area contributed by atoms with E-state index in [1.807, 2.05) is 91.0 Å². The van der Waals surface area contributed by atoms with Crippen molar-refractivity contribution in [1.82, 2.24) is 16.0 Å². The van der Waals surface area contributed by atoms with Crippen molar-refractivity contribution >= 4 is 24.1 Å². The minimum Gasteiger partial charge on any atom is -0.459 e. The van der Waals surface area contributed by atoms with Gasteiger partial charge in [-0.25, -0.2) is 14.4 Å². The third-order valence-electron chi connectivity index (χ3n) is 6.52. The second-order valence-electron chi connectivity index (χ2n) is 11.5. The lowest BCUT2D eigenvalue weighted by atomic mass is 10.0. The number of unbranched alkanes of at least 4 members (excludes halogenated alkanes) is 1. The van der Waals surface area contributed by atoms with E-state index in [9.17, 15) is 19.2 Å². The van der Waals surface area contributed by atoms with Crippen molar-refractivity contribution in [2.24, 2.45) is 0 Å². The van der Waals surface area contributed by atoms with E-state index in [0.717, 1.165) is 16.7 Å². The van der Waals surface area contributed by atoms with Crippen molar-refractivity contribution in [3.63, 3.8) is 0 Å². The molecular formula is C35H43N3O7. The highest BCUT2D eigenvalue weighted by atomic mass is 16.6. The summed E-state index contributed by atoms with van der Waals surface area (Å²) < 4.78 is 16.2. The zero-order chi connectivity index (χ0) is 32.5. The summed E-state index contributed by atoms with van der Waals surface area (Å²) in [6.45, 7) is 5.71. The van der Waals surface area contributed by atoms with Crippen molar-refractivity contribution in [2.45, 2.75) is 77.4 Å². The van der Waals surface area contributed by atoms with Crippen LogP contribution in [0.2, 0.25) is 0 Å². The fourth-order valence-corrected chi connectivity index (χ4v) is 4.30. The van der Waals surface area contributed by atoms with E-state index in [1.54, 1.807) is 20.8 Å². The minimum absolute atomic E-state index is 0.0567. The van der Waals surface area contributed by atoms with Gasteiger partial charge in [0.2, 0.25) is 5.91 Å².